The lowest BCUT2D eigenvalue weighted by atomic mass is 9.75. The van der Waals surface area contributed by atoms with E-state index in [1.54, 1.807) is 11.8 Å². The van der Waals surface area contributed by atoms with E-state index in [2.05, 4.69) is 74.2 Å². The number of benzene rings is 2. The molecule has 1 N–H and O–H groups in total. The predicted octanol–water partition coefficient (Wildman–Crippen LogP) is 7.71. The zero-order valence-electron chi connectivity index (χ0n) is 21.0. The lowest BCUT2D eigenvalue weighted by molar-refractivity contribution is -0.135. The van der Waals surface area contributed by atoms with Gasteiger partial charge in [-0.15, -0.1) is 0 Å². The van der Waals surface area contributed by atoms with Gasteiger partial charge in [0.05, 0.1) is 21.8 Å². The number of hydrogen-bond donors (Lipinski definition) is 1. The Labute approximate surface area is 222 Å². The number of carboxylic acids is 1. The van der Waals surface area contributed by atoms with Gasteiger partial charge in [0.2, 0.25) is 0 Å². The molecular formula is C30H32N2O2S2. The second kappa shape index (κ2) is 10.3. The SMILES string of the molecule is CCN1c2ccccc2SC1/C=C1C=C(/C=C/C=C2\Sc3ccccc3N2CC(=O)O)CC(C)(C)C\1. The van der Waals surface area contributed by atoms with Gasteiger partial charge in [-0.25, -0.2) is 0 Å². The van der Waals surface area contributed by atoms with Crippen LogP contribution in [0.4, 0.5) is 11.4 Å². The highest BCUT2D eigenvalue weighted by molar-refractivity contribution is 8.03. The Kier molecular flexibility index (Phi) is 7.09. The van der Waals surface area contributed by atoms with Gasteiger partial charge in [-0.2, -0.15) is 0 Å². The summed E-state index contributed by atoms with van der Waals surface area (Å²) in [6.45, 7) is 7.85. The molecule has 1 unspecified atom stereocenters. The Morgan fingerprint density at radius 1 is 1.08 bits per heavy atom. The summed E-state index contributed by atoms with van der Waals surface area (Å²) in [6, 6.07) is 16.7. The van der Waals surface area contributed by atoms with Crippen molar-refractivity contribution in [3.8, 4) is 0 Å². The van der Waals surface area contributed by atoms with Crippen molar-refractivity contribution in [2.75, 3.05) is 22.9 Å². The quantitative estimate of drug-likeness (QED) is 0.424. The summed E-state index contributed by atoms with van der Waals surface area (Å²) in [5, 5.41) is 10.7. The van der Waals surface area contributed by atoms with Gasteiger partial charge in [0.25, 0.3) is 0 Å². The molecule has 186 valence electrons. The van der Waals surface area contributed by atoms with Crippen LogP contribution in [0.5, 0.6) is 0 Å². The first-order valence-electron chi connectivity index (χ1n) is 12.4. The van der Waals surface area contributed by atoms with Crippen LogP contribution >= 0.6 is 23.5 Å². The number of allylic oxidation sites excluding steroid dienone is 6. The molecule has 1 aliphatic carbocycles. The van der Waals surface area contributed by atoms with E-state index >= 15 is 0 Å². The monoisotopic (exact) mass is 516 g/mol. The van der Waals surface area contributed by atoms with Crippen molar-refractivity contribution in [1.29, 1.82) is 0 Å². The number of para-hydroxylation sites is 2. The van der Waals surface area contributed by atoms with E-state index in [1.807, 2.05) is 47.0 Å². The summed E-state index contributed by atoms with van der Waals surface area (Å²) in [5.74, 6) is -0.832. The lowest BCUT2D eigenvalue weighted by Crippen LogP contribution is -2.28. The van der Waals surface area contributed by atoms with Crippen LogP contribution in [0.15, 0.2) is 105 Å². The number of anilines is 2. The second-order valence-electron chi connectivity index (χ2n) is 10.2. The summed E-state index contributed by atoms with van der Waals surface area (Å²) >= 11 is 3.56. The number of carbonyl (C=O) groups is 1. The Balaban J connectivity index is 1.38. The standard InChI is InChI=1S/C30H32N2O2S2/c1-4-31-23-11-5-7-13-25(23)36-28(31)17-22-16-21(18-30(2,3)19-22)10-9-15-27-32(20-29(33)34)24-12-6-8-14-26(24)35-27/h5-17,28H,4,18-20H2,1-3H3,(H,33,34)/b10-9+,22-17+,27-15-. The molecule has 1 atom stereocenters. The summed E-state index contributed by atoms with van der Waals surface area (Å²) in [4.78, 5) is 18.3. The Morgan fingerprint density at radius 2 is 1.81 bits per heavy atom. The van der Waals surface area contributed by atoms with Crippen molar-refractivity contribution in [2.45, 2.75) is 48.8 Å². The minimum Gasteiger partial charge on any atom is -0.480 e. The number of aliphatic carboxylic acids is 1. The molecule has 36 heavy (non-hydrogen) atoms. The first-order valence-corrected chi connectivity index (χ1v) is 14.1. The molecule has 2 aliphatic heterocycles. The molecule has 0 saturated heterocycles. The minimum absolute atomic E-state index is 0.0400. The molecule has 0 spiro atoms. The highest BCUT2D eigenvalue weighted by Gasteiger charge is 2.30. The molecular weight excluding hydrogens is 484 g/mol. The molecule has 0 bridgehead atoms. The van der Waals surface area contributed by atoms with Crippen LogP contribution in [0.25, 0.3) is 0 Å². The zero-order chi connectivity index (χ0) is 25.3. The van der Waals surface area contributed by atoms with E-state index in [4.69, 9.17) is 0 Å². The van der Waals surface area contributed by atoms with Gasteiger partial charge in [0, 0.05) is 16.3 Å². The van der Waals surface area contributed by atoms with Gasteiger partial charge >= 0.3 is 5.97 Å². The van der Waals surface area contributed by atoms with E-state index in [9.17, 15) is 9.90 Å². The van der Waals surface area contributed by atoms with E-state index in [0.29, 0.717) is 5.37 Å². The highest BCUT2D eigenvalue weighted by Crippen LogP contribution is 2.47. The Hall–Kier alpha value is -2.83. The third kappa shape index (κ3) is 5.30. The molecule has 2 aromatic carbocycles. The number of thioether (sulfide) groups is 2. The van der Waals surface area contributed by atoms with Crippen LogP contribution in [0, 0.1) is 5.41 Å². The van der Waals surface area contributed by atoms with Crippen molar-refractivity contribution in [3.05, 3.63) is 95.1 Å². The number of hydrogen-bond acceptors (Lipinski definition) is 5. The first-order chi connectivity index (χ1) is 17.3. The van der Waals surface area contributed by atoms with Gasteiger partial charge in [-0.1, -0.05) is 79.9 Å². The summed E-state index contributed by atoms with van der Waals surface area (Å²) in [7, 11) is 0. The maximum absolute atomic E-state index is 11.5. The summed E-state index contributed by atoms with van der Waals surface area (Å²) in [6.07, 6.45) is 13.2. The summed E-state index contributed by atoms with van der Waals surface area (Å²) < 4.78 is 0. The molecule has 2 heterocycles. The number of carboxylic acid groups (broad SMARTS) is 1. The molecule has 4 nitrogen and oxygen atoms in total. The smallest absolute Gasteiger partial charge is 0.323 e. The molecule has 5 rings (SSSR count). The van der Waals surface area contributed by atoms with Gasteiger partial charge in [0.1, 0.15) is 6.54 Å². The zero-order valence-corrected chi connectivity index (χ0v) is 22.6. The highest BCUT2D eigenvalue weighted by atomic mass is 32.2. The number of likely N-dealkylation sites (N-methyl/N-ethyl adjacent to an activating group) is 1. The summed E-state index contributed by atoms with van der Waals surface area (Å²) in [5.41, 5.74) is 5.18. The lowest BCUT2D eigenvalue weighted by Gasteiger charge is -2.32. The Morgan fingerprint density at radius 3 is 2.56 bits per heavy atom. The van der Waals surface area contributed by atoms with Crippen molar-refractivity contribution >= 4 is 40.9 Å². The fourth-order valence-electron chi connectivity index (χ4n) is 5.23. The van der Waals surface area contributed by atoms with E-state index < -0.39 is 5.97 Å². The number of nitrogens with zero attached hydrogens (tertiary/aromatic N) is 2. The van der Waals surface area contributed by atoms with Crippen molar-refractivity contribution in [1.82, 2.24) is 0 Å². The molecule has 0 amide bonds. The predicted molar refractivity (Wildman–Crippen MR) is 153 cm³/mol. The van der Waals surface area contributed by atoms with E-state index in [0.717, 1.165) is 35.0 Å². The molecule has 0 radical (unpaired) electrons. The third-order valence-electron chi connectivity index (χ3n) is 6.64. The minimum atomic E-state index is -0.832. The van der Waals surface area contributed by atoms with E-state index in [-0.39, 0.29) is 12.0 Å². The number of rotatable bonds is 6. The fraction of sp³-hybridized carbons (Fsp3) is 0.300. The normalized spacial score (nSPS) is 22.9. The van der Waals surface area contributed by atoms with Crippen LogP contribution in [0.1, 0.15) is 33.6 Å². The maximum Gasteiger partial charge on any atom is 0.323 e. The average Bonchev–Trinajstić information content (AvgIpc) is 3.35. The topological polar surface area (TPSA) is 43.8 Å². The van der Waals surface area contributed by atoms with Crippen LogP contribution in [0.3, 0.4) is 0 Å². The van der Waals surface area contributed by atoms with Gasteiger partial charge in [-0.05, 0) is 72.7 Å². The molecule has 0 saturated carbocycles. The maximum atomic E-state index is 11.5. The van der Waals surface area contributed by atoms with Crippen molar-refractivity contribution < 1.29 is 9.90 Å². The molecule has 0 aromatic heterocycles. The van der Waals surface area contributed by atoms with Crippen LogP contribution < -0.4 is 9.80 Å². The van der Waals surface area contributed by atoms with Gasteiger partial charge < -0.3 is 14.9 Å². The van der Waals surface area contributed by atoms with Crippen LogP contribution in [0.2, 0.25) is 0 Å². The van der Waals surface area contributed by atoms with Gasteiger partial charge in [0.15, 0.2) is 0 Å². The molecule has 0 fully saturated rings. The first kappa shape index (κ1) is 24.8. The second-order valence-corrected chi connectivity index (χ2v) is 12.4. The number of fused-ring (bicyclic) bond motifs is 2. The van der Waals surface area contributed by atoms with Crippen LogP contribution in [-0.4, -0.2) is 29.5 Å². The molecule has 2 aromatic rings. The Bertz CT molecular complexity index is 1290. The van der Waals surface area contributed by atoms with Crippen molar-refractivity contribution in [3.63, 3.8) is 0 Å². The molecule has 6 heteroatoms. The van der Waals surface area contributed by atoms with Gasteiger partial charge in [-0.3, -0.25) is 4.79 Å². The van der Waals surface area contributed by atoms with Crippen molar-refractivity contribution in [2.24, 2.45) is 5.41 Å². The third-order valence-corrected chi connectivity index (χ3v) is 9.00. The fourth-order valence-corrected chi connectivity index (χ4v) is 7.66. The average molecular weight is 517 g/mol. The van der Waals surface area contributed by atoms with E-state index in [1.165, 1.54) is 21.7 Å². The molecule has 3 aliphatic rings. The largest absolute Gasteiger partial charge is 0.480 e. The van der Waals surface area contributed by atoms with Crippen LogP contribution in [-0.2, 0) is 4.79 Å².